The summed E-state index contributed by atoms with van der Waals surface area (Å²) in [4.78, 5) is 6.85. The fourth-order valence-electron chi connectivity index (χ4n) is 2.37. The third-order valence-electron chi connectivity index (χ3n) is 3.30. The molecule has 1 aromatic rings. The molecule has 1 aromatic heterocycles. The minimum Gasteiger partial charge on any atom is -0.395 e. The van der Waals surface area contributed by atoms with E-state index in [4.69, 9.17) is 5.11 Å². The highest BCUT2D eigenvalue weighted by Gasteiger charge is 2.17. The minimum atomic E-state index is 0.216. The average Bonchev–Trinajstić information content (AvgIpc) is 2.62. The number of aliphatic hydroxyl groups is 1. The van der Waals surface area contributed by atoms with E-state index in [2.05, 4.69) is 37.2 Å². The maximum Gasteiger partial charge on any atom is 0.129 e. The third-order valence-corrected chi connectivity index (χ3v) is 3.74. The van der Waals surface area contributed by atoms with E-state index in [0.29, 0.717) is 12.6 Å². The van der Waals surface area contributed by atoms with Crippen LogP contribution in [0.4, 0.5) is 5.82 Å². The largest absolute Gasteiger partial charge is 0.395 e. The van der Waals surface area contributed by atoms with Gasteiger partial charge in [-0.15, -0.1) is 0 Å². The molecular formula is C13H20BrN3O. The Morgan fingerprint density at radius 3 is 3.06 bits per heavy atom. The van der Waals surface area contributed by atoms with Gasteiger partial charge in [-0.2, -0.15) is 0 Å². The number of aliphatic hydroxyl groups excluding tert-OH is 1. The lowest BCUT2D eigenvalue weighted by Crippen LogP contribution is -2.33. The lowest BCUT2D eigenvalue weighted by atomic mass is 10.1. The number of nitrogens with one attached hydrogen (secondary N) is 1. The van der Waals surface area contributed by atoms with Crippen molar-refractivity contribution in [2.45, 2.75) is 25.3 Å². The first-order valence-electron chi connectivity index (χ1n) is 6.51. The number of rotatable bonds is 4. The Labute approximate surface area is 117 Å². The molecule has 0 spiro atoms. The van der Waals surface area contributed by atoms with Crippen LogP contribution in [-0.2, 0) is 0 Å². The topological polar surface area (TPSA) is 48.4 Å². The van der Waals surface area contributed by atoms with E-state index in [-0.39, 0.29) is 6.61 Å². The van der Waals surface area contributed by atoms with Gasteiger partial charge in [0.05, 0.1) is 6.61 Å². The van der Waals surface area contributed by atoms with Crippen molar-refractivity contribution in [3.63, 3.8) is 0 Å². The van der Waals surface area contributed by atoms with Crippen LogP contribution >= 0.6 is 15.9 Å². The van der Waals surface area contributed by atoms with Gasteiger partial charge in [0.2, 0.25) is 0 Å². The van der Waals surface area contributed by atoms with Crippen molar-refractivity contribution in [1.82, 2.24) is 10.3 Å². The van der Waals surface area contributed by atoms with Crippen LogP contribution in [0.2, 0.25) is 0 Å². The highest BCUT2D eigenvalue weighted by atomic mass is 79.9. The van der Waals surface area contributed by atoms with Gasteiger partial charge in [0.15, 0.2) is 0 Å². The van der Waals surface area contributed by atoms with Gasteiger partial charge in [0.1, 0.15) is 10.4 Å². The summed E-state index contributed by atoms with van der Waals surface area (Å²) >= 11 is 3.42. The number of hydrogen-bond acceptors (Lipinski definition) is 4. The molecule has 2 N–H and O–H groups in total. The second kappa shape index (κ2) is 7.07. The molecule has 4 nitrogen and oxygen atoms in total. The Balaban J connectivity index is 1.92. The second-order valence-electron chi connectivity index (χ2n) is 4.61. The van der Waals surface area contributed by atoms with Gasteiger partial charge in [-0.1, -0.05) is 6.07 Å². The molecular weight excluding hydrogens is 294 g/mol. The maximum atomic E-state index is 8.84. The standard InChI is InChI=1S/C13H20BrN3O/c14-12-4-1-5-13(16-12)17-8-2-3-11(6-9-17)15-7-10-18/h1,4-5,11,15,18H,2-3,6-10H2/t11-/m1/s1. The zero-order valence-corrected chi connectivity index (χ0v) is 12.1. The van der Waals surface area contributed by atoms with E-state index in [1.54, 1.807) is 0 Å². The van der Waals surface area contributed by atoms with Gasteiger partial charge >= 0.3 is 0 Å². The summed E-state index contributed by atoms with van der Waals surface area (Å²) < 4.78 is 0.888. The van der Waals surface area contributed by atoms with Crippen LogP contribution in [0.15, 0.2) is 22.8 Å². The van der Waals surface area contributed by atoms with E-state index in [1.807, 2.05) is 12.1 Å². The minimum absolute atomic E-state index is 0.216. The number of nitrogens with zero attached hydrogens (tertiary/aromatic N) is 2. The van der Waals surface area contributed by atoms with Crippen LogP contribution in [0.3, 0.4) is 0 Å². The number of hydrogen-bond donors (Lipinski definition) is 2. The molecule has 1 aliphatic rings. The van der Waals surface area contributed by atoms with Crippen molar-refractivity contribution < 1.29 is 5.11 Å². The summed E-state index contributed by atoms with van der Waals surface area (Å²) in [6.07, 6.45) is 3.44. The molecule has 1 atom stereocenters. The maximum absolute atomic E-state index is 8.84. The molecule has 1 saturated heterocycles. The van der Waals surface area contributed by atoms with E-state index < -0.39 is 0 Å². The fourth-order valence-corrected chi connectivity index (χ4v) is 2.71. The monoisotopic (exact) mass is 313 g/mol. The number of halogens is 1. The Morgan fingerprint density at radius 1 is 1.39 bits per heavy atom. The molecule has 2 rings (SSSR count). The van der Waals surface area contributed by atoms with E-state index in [1.165, 1.54) is 6.42 Å². The summed E-state index contributed by atoms with van der Waals surface area (Å²) in [5.74, 6) is 1.05. The molecule has 0 aliphatic carbocycles. The quantitative estimate of drug-likeness (QED) is 0.832. The Hall–Kier alpha value is -0.650. The summed E-state index contributed by atoms with van der Waals surface area (Å²) in [7, 11) is 0. The van der Waals surface area contributed by atoms with Crippen LogP contribution in [0.5, 0.6) is 0 Å². The van der Waals surface area contributed by atoms with Crippen molar-refractivity contribution in [2.24, 2.45) is 0 Å². The summed E-state index contributed by atoms with van der Waals surface area (Å²) in [5.41, 5.74) is 0. The lowest BCUT2D eigenvalue weighted by Gasteiger charge is -2.22. The van der Waals surface area contributed by atoms with Gasteiger partial charge in [0, 0.05) is 25.7 Å². The van der Waals surface area contributed by atoms with Gasteiger partial charge in [-0.05, 0) is 47.3 Å². The molecule has 0 amide bonds. The van der Waals surface area contributed by atoms with Crippen molar-refractivity contribution in [3.05, 3.63) is 22.8 Å². The summed E-state index contributed by atoms with van der Waals surface area (Å²) in [5, 5.41) is 12.2. The number of pyridine rings is 1. The van der Waals surface area contributed by atoms with Gasteiger partial charge in [0.25, 0.3) is 0 Å². The van der Waals surface area contributed by atoms with Gasteiger partial charge in [-0.3, -0.25) is 0 Å². The zero-order valence-electron chi connectivity index (χ0n) is 10.5. The number of aromatic nitrogens is 1. The zero-order chi connectivity index (χ0) is 12.8. The average molecular weight is 314 g/mol. The van der Waals surface area contributed by atoms with Crippen LogP contribution in [-0.4, -0.2) is 42.4 Å². The first-order chi connectivity index (χ1) is 8.79. The van der Waals surface area contributed by atoms with Crippen molar-refractivity contribution >= 4 is 21.7 Å². The van der Waals surface area contributed by atoms with E-state index in [9.17, 15) is 0 Å². The first kappa shape index (κ1) is 13.8. The molecule has 100 valence electrons. The third kappa shape index (κ3) is 3.93. The van der Waals surface area contributed by atoms with Crippen LogP contribution < -0.4 is 10.2 Å². The molecule has 0 bridgehead atoms. The molecule has 5 heteroatoms. The van der Waals surface area contributed by atoms with Crippen molar-refractivity contribution in [2.75, 3.05) is 31.1 Å². The van der Waals surface area contributed by atoms with Crippen LogP contribution in [0.25, 0.3) is 0 Å². The van der Waals surface area contributed by atoms with Gasteiger partial charge < -0.3 is 15.3 Å². The van der Waals surface area contributed by atoms with Crippen LogP contribution in [0.1, 0.15) is 19.3 Å². The Morgan fingerprint density at radius 2 is 2.28 bits per heavy atom. The normalized spacial score (nSPS) is 20.8. The second-order valence-corrected chi connectivity index (χ2v) is 5.42. The molecule has 0 radical (unpaired) electrons. The molecule has 0 aromatic carbocycles. The Bertz CT molecular complexity index is 375. The molecule has 1 fully saturated rings. The number of anilines is 1. The van der Waals surface area contributed by atoms with Crippen LogP contribution in [0, 0.1) is 0 Å². The van der Waals surface area contributed by atoms with E-state index >= 15 is 0 Å². The predicted molar refractivity (Wildman–Crippen MR) is 76.9 cm³/mol. The molecule has 18 heavy (non-hydrogen) atoms. The first-order valence-corrected chi connectivity index (χ1v) is 7.30. The molecule has 0 saturated carbocycles. The van der Waals surface area contributed by atoms with Crippen molar-refractivity contribution in [1.29, 1.82) is 0 Å². The smallest absolute Gasteiger partial charge is 0.129 e. The SMILES string of the molecule is OCCN[C@@H]1CCCN(c2cccc(Br)n2)CC1. The highest BCUT2D eigenvalue weighted by Crippen LogP contribution is 2.19. The predicted octanol–water partition coefficient (Wildman–Crippen LogP) is 1.78. The molecule has 1 aliphatic heterocycles. The van der Waals surface area contributed by atoms with E-state index in [0.717, 1.165) is 36.4 Å². The summed E-state index contributed by atoms with van der Waals surface area (Å²) in [6, 6.07) is 6.56. The summed E-state index contributed by atoms with van der Waals surface area (Å²) in [6.45, 7) is 2.99. The van der Waals surface area contributed by atoms with Crippen molar-refractivity contribution in [3.8, 4) is 0 Å². The highest BCUT2D eigenvalue weighted by molar-refractivity contribution is 9.10. The molecule has 2 heterocycles. The van der Waals surface area contributed by atoms with Gasteiger partial charge in [-0.25, -0.2) is 4.98 Å². The fraction of sp³-hybridized carbons (Fsp3) is 0.615. The Kier molecular flexibility index (Phi) is 5.41. The molecule has 0 unspecified atom stereocenters. The lowest BCUT2D eigenvalue weighted by molar-refractivity contribution is 0.281.